The highest BCUT2D eigenvalue weighted by Gasteiger charge is 2.51. The maximum Gasteiger partial charge on any atom is 0.329 e. The summed E-state index contributed by atoms with van der Waals surface area (Å²) in [6, 6.07) is 5.96. The number of carbonyl (C=O) groups excluding carboxylic acids is 3. The smallest absolute Gasteiger partial charge is 0.329 e. The molecule has 0 bridgehead atoms. The summed E-state index contributed by atoms with van der Waals surface area (Å²) in [6.07, 6.45) is 3.25. The van der Waals surface area contributed by atoms with Gasteiger partial charge in [-0.05, 0) is 31.9 Å². The van der Waals surface area contributed by atoms with Crippen molar-refractivity contribution in [1.82, 2.24) is 15.0 Å². The van der Waals surface area contributed by atoms with Crippen LogP contribution in [0.25, 0.3) is 11.4 Å². The molecule has 8 nitrogen and oxygen atoms in total. The number of fused-ring (bicyclic) bond motifs is 1. The third-order valence-electron chi connectivity index (χ3n) is 5.49. The van der Waals surface area contributed by atoms with Gasteiger partial charge in [0.1, 0.15) is 6.04 Å². The number of amides is 2. The Morgan fingerprint density at radius 3 is 2.62 bits per heavy atom. The highest BCUT2D eigenvalue weighted by molar-refractivity contribution is 6.30. The molecule has 3 atom stereocenters. The Labute approximate surface area is 172 Å². The van der Waals surface area contributed by atoms with Crippen LogP contribution in [-0.2, 0) is 25.7 Å². The van der Waals surface area contributed by atoms with E-state index >= 15 is 0 Å². The van der Waals surface area contributed by atoms with Crippen molar-refractivity contribution in [3.63, 3.8) is 0 Å². The Morgan fingerprint density at radius 2 is 1.97 bits per heavy atom. The number of hydrogen-bond acceptors (Lipinski definition) is 7. The number of ether oxygens (including phenoxy) is 1. The van der Waals surface area contributed by atoms with Crippen molar-refractivity contribution in [1.29, 1.82) is 0 Å². The Bertz CT molecular complexity index is 935. The number of rotatable bonds is 5. The highest BCUT2D eigenvalue weighted by Crippen LogP contribution is 2.39. The van der Waals surface area contributed by atoms with Crippen LogP contribution < -0.4 is 0 Å². The fraction of sp³-hybridized carbons (Fsp3) is 0.450. The average molecular weight is 418 g/mol. The van der Waals surface area contributed by atoms with Gasteiger partial charge in [0.15, 0.2) is 6.61 Å². The molecule has 0 unspecified atom stereocenters. The second-order valence-electron chi connectivity index (χ2n) is 7.35. The van der Waals surface area contributed by atoms with Crippen LogP contribution >= 0.6 is 11.6 Å². The minimum atomic E-state index is -0.990. The van der Waals surface area contributed by atoms with Crippen LogP contribution in [0.2, 0.25) is 5.02 Å². The number of halogens is 1. The molecule has 4 rings (SSSR count). The Kier molecular flexibility index (Phi) is 5.36. The first-order chi connectivity index (χ1) is 14.0. The van der Waals surface area contributed by atoms with Gasteiger partial charge in [0.05, 0.1) is 11.8 Å². The Balaban J connectivity index is 1.39. The van der Waals surface area contributed by atoms with E-state index in [1.807, 2.05) is 0 Å². The second-order valence-corrected chi connectivity index (χ2v) is 7.79. The van der Waals surface area contributed by atoms with Gasteiger partial charge in [-0.25, -0.2) is 4.79 Å². The van der Waals surface area contributed by atoms with Gasteiger partial charge < -0.3 is 9.26 Å². The van der Waals surface area contributed by atoms with Crippen LogP contribution in [0.4, 0.5) is 0 Å². The molecule has 1 aliphatic carbocycles. The molecule has 0 spiro atoms. The van der Waals surface area contributed by atoms with Crippen molar-refractivity contribution in [2.45, 2.75) is 45.3 Å². The summed E-state index contributed by atoms with van der Waals surface area (Å²) in [5.74, 6) is -1.41. The van der Waals surface area contributed by atoms with Crippen LogP contribution in [0.3, 0.4) is 0 Å². The predicted octanol–water partition coefficient (Wildman–Crippen LogP) is 3.00. The first-order valence-electron chi connectivity index (χ1n) is 9.58. The molecular formula is C20H20ClN3O5. The zero-order chi connectivity index (χ0) is 20.5. The molecular weight excluding hydrogens is 398 g/mol. The van der Waals surface area contributed by atoms with Gasteiger partial charge in [-0.2, -0.15) is 4.98 Å². The number of aromatic nitrogens is 2. The van der Waals surface area contributed by atoms with E-state index in [-0.39, 0.29) is 36.1 Å². The number of benzene rings is 1. The van der Waals surface area contributed by atoms with Crippen molar-refractivity contribution in [2.24, 2.45) is 11.8 Å². The van der Waals surface area contributed by atoms with E-state index in [0.717, 1.165) is 17.7 Å². The van der Waals surface area contributed by atoms with E-state index in [9.17, 15) is 14.4 Å². The fourth-order valence-electron chi connectivity index (χ4n) is 3.99. The van der Waals surface area contributed by atoms with Crippen molar-refractivity contribution >= 4 is 29.4 Å². The lowest BCUT2D eigenvalue weighted by Gasteiger charge is -2.21. The molecule has 9 heteroatoms. The van der Waals surface area contributed by atoms with Gasteiger partial charge in [-0.3, -0.25) is 14.5 Å². The number of likely N-dealkylation sites (tertiary alicyclic amines) is 1. The molecule has 29 heavy (non-hydrogen) atoms. The normalized spacial score (nSPS) is 22.5. The van der Waals surface area contributed by atoms with Crippen molar-refractivity contribution < 1.29 is 23.6 Å². The molecule has 152 valence electrons. The van der Waals surface area contributed by atoms with Crippen LogP contribution in [0.1, 0.15) is 38.5 Å². The molecule has 0 radical (unpaired) electrons. The van der Waals surface area contributed by atoms with Crippen LogP contribution in [0.15, 0.2) is 28.8 Å². The van der Waals surface area contributed by atoms with Crippen molar-refractivity contribution in [3.8, 4) is 11.4 Å². The van der Waals surface area contributed by atoms with Gasteiger partial charge in [0, 0.05) is 10.6 Å². The third-order valence-corrected chi connectivity index (χ3v) is 5.73. The standard InChI is InChI=1S/C20H20ClN3O5/c1-11(24-18(25)14-7-2-3-8-15(14)19(24)26)20(27)28-10-16-22-17(23-29-16)12-5-4-6-13(21)9-12/h4-6,9,11,14-15H,2-3,7-8,10H2,1H3/t11-,14-,15+/m0/s1. The van der Waals surface area contributed by atoms with Crippen LogP contribution in [-0.4, -0.2) is 38.9 Å². The number of hydrogen-bond donors (Lipinski definition) is 0. The Morgan fingerprint density at radius 1 is 1.28 bits per heavy atom. The quantitative estimate of drug-likeness (QED) is 0.544. The lowest BCUT2D eigenvalue weighted by Crippen LogP contribution is -2.44. The minimum Gasteiger partial charge on any atom is -0.454 e. The largest absolute Gasteiger partial charge is 0.454 e. The second kappa shape index (κ2) is 7.94. The van der Waals surface area contributed by atoms with Crippen molar-refractivity contribution in [3.05, 3.63) is 35.2 Å². The number of imide groups is 1. The molecule has 1 aromatic heterocycles. The molecule has 2 fully saturated rings. The number of carbonyl (C=O) groups is 3. The maximum atomic E-state index is 12.6. The first-order valence-corrected chi connectivity index (χ1v) is 9.95. The molecule has 1 saturated heterocycles. The highest BCUT2D eigenvalue weighted by atomic mass is 35.5. The summed E-state index contributed by atoms with van der Waals surface area (Å²) in [5, 5.41) is 4.38. The predicted molar refractivity (Wildman–Crippen MR) is 101 cm³/mol. The summed E-state index contributed by atoms with van der Waals surface area (Å²) < 4.78 is 10.3. The molecule has 2 amide bonds. The lowest BCUT2D eigenvalue weighted by atomic mass is 9.81. The zero-order valence-electron chi connectivity index (χ0n) is 15.8. The van der Waals surface area contributed by atoms with Gasteiger partial charge in [-0.1, -0.05) is 41.7 Å². The van der Waals surface area contributed by atoms with Crippen molar-refractivity contribution in [2.75, 3.05) is 0 Å². The fourth-order valence-corrected chi connectivity index (χ4v) is 4.18. The van der Waals surface area contributed by atoms with E-state index in [1.165, 1.54) is 6.92 Å². The molecule has 2 heterocycles. The first kappa shape index (κ1) is 19.6. The number of nitrogens with zero attached hydrogens (tertiary/aromatic N) is 3. The Hall–Kier alpha value is -2.74. The summed E-state index contributed by atoms with van der Waals surface area (Å²) in [7, 11) is 0. The van der Waals surface area contributed by atoms with E-state index in [2.05, 4.69) is 10.1 Å². The van der Waals surface area contributed by atoms with Crippen LogP contribution in [0.5, 0.6) is 0 Å². The van der Waals surface area contributed by atoms with Gasteiger partial charge in [-0.15, -0.1) is 0 Å². The van der Waals surface area contributed by atoms with Gasteiger partial charge in [0.25, 0.3) is 5.89 Å². The zero-order valence-corrected chi connectivity index (χ0v) is 16.6. The van der Waals surface area contributed by atoms with Gasteiger partial charge in [0.2, 0.25) is 17.6 Å². The topological polar surface area (TPSA) is 103 Å². The molecule has 1 saturated carbocycles. The summed E-state index contributed by atoms with van der Waals surface area (Å²) in [4.78, 5) is 42.9. The summed E-state index contributed by atoms with van der Waals surface area (Å²) >= 11 is 5.95. The molecule has 2 aromatic rings. The van der Waals surface area contributed by atoms with E-state index in [0.29, 0.717) is 29.3 Å². The van der Waals surface area contributed by atoms with Crippen LogP contribution in [0, 0.1) is 11.8 Å². The maximum absolute atomic E-state index is 12.6. The molecule has 0 N–H and O–H groups in total. The summed E-state index contributed by atoms with van der Waals surface area (Å²) in [6.45, 7) is 1.25. The number of esters is 1. The monoisotopic (exact) mass is 417 g/mol. The van der Waals surface area contributed by atoms with E-state index in [4.69, 9.17) is 20.9 Å². The molecule has 1 aliphatic heterocycles. The van der Waals surface area contributed by atoms with Gasteiger partial charge >= 0.3 is 5.97 Å². The molecule has 2 aliphatic rings. The average Bonchev–Trinajstić information content (AvgIpc) is 3.29. The summed E-state index contributed by atoms with van der Waals surface area (Å²) in [5.41, 5.74) is 0.670. The SMILES string of the molecule is C[C@@H](C(=O)OCc1nc(-c2cccc(Cl)c2)no1)N1C(=O)[C@H]2CCCC[C@H]2C1=O. The minimum absolute atomic E-state index is 0.105. The third kappa shape index (κ3) is 3.76. The van der Waals surface area contributed by atoms with E-state index in [1.54, 1.807) is 24.3 Å². The lowest BCUT2D eigenvalue weighted by molar-refractivity contribution is -0.159. The molecule has 1 aromatic carbocycles. The van der Waals surface area contributed by atoms with E-state index < -0.39 is 12.0 Å².